The van der Waals surface area contributed by atoms with Crippen LogP contribution in [0.5, 0.6) is 11.5 Å². The summed E-state index contributed by atoms with van der Waals surface area (Å²) in [4.78, 5) is 17.1. The molecule has 1 aliphatic rings. The van der Waals surface area contributed by atoms with Gasteiger partial charge in [0, 0.05) is 38.8 Å². The van der Waals surface area contributed by atoms with Gasteiger partial charge in [-0.2, -0.15) is 0 Å². The van der Waals surface area contributed by atoms with Gasteiger partial charge in [-0.25, -0.2) is 0 Å². The van der Waals surface area contributed by atoms with Gasteiger partial charge in [-0.3, -0.25) is 4.79 Å². The fourth-order valence-electron chi connectivity index (χ4n) is 2.86. The van der Waals surface area contributed by atoms with Gasteiger partial charge in [-0.05, 0) is 38.6 Å². The summed E-state index contributed by atoms with van der Waals surface area (Å²) in [5, 5.41) is 3.00. The fraction of sp³-hybridized carbons (Fsp3) is 0.632. The van der Waals surface area contributed by atoms with Crippen molar-refractivity contribution in [3.63, 3.8) is 0 Å². The highest BCUT2D eigenvalue weighted by molar-refractivity contribution is 5.81. The zero-order valence-corrected chi connectivity index (χ0v) is 15.7. The van der Waals surface area contributed by atoms with Crippen molar-refractivity contribution in [2.75, 3.05) is 53.4 Å². The number of nitrogens with one attached hydrogen (secondary N) is 1. The second kappa shape index (κ2) is 10.3. The molecule has 0 saturated carbocycles. The molecule has 1 amide bonds. The third-order valence-electron chi connectivity index (χ3n) is 4.53. The topological polar surface area (TPSA) is 54.0 Å². The minimum Gasteiger partial charge on any atom is -0.497 e. The molecule has 1 aromatic rings. The summed E-state index contributed by atoms with van der Waals surface area (Å²) < 4.78 is 11.0. The standard InChI is InChI=1S/C19H31N3O3/c1-4-18(25-17-8-5-7-16(15-17)24-3)19(23)20-9-6-10-22-13-11-21(2)12-14-22/h5,7-8,15,18H,4,6,9-14H2,1-3H3,(H,20,23)/t18-/m0/s1. The van der Waals surface area contributed by atoms with E-state index in [1.807, 2.05) is 25.1 Å². The lowest BCUT2D eigenvalue weighted by atomic mass is 10.2. The smallest absolute Gasteiger partial charge is 0.261 e. The van der Waals surface area contributed by atoms with Crippen molar-refractivity contribution in [2.45, 2.75) is 25.9 Å². The van der Waals surface area contributed by atoms with Crippen LogP contribution in [0, 0.1) is 0 Å². The van der Waals surface area contributed by atoms with Crippen LogP contribution in [0.3, 0.4) is 0 Å². The number of carbonyl (C=O) groups is 1. The highest BCUT2D eigenvalue weighted by Gasteiger charge is 2.18. The summed E-state index contributed by atoms with van der Waals surface area (Å²) in [6.07, 6.45) is 1.11. The van der Waals surface area contributed by atoms with Crippen molar-refractivity contribution >= 4 is 5.91 Å². The third kappa shape index (κ3) is 6.55. The zero-order chi connectivity index (χ0) is 18.1. The predicted octanol–water partition coefficient (Wildman–Crippen LogP) is 1.61. The Morgan fingerprint density at radius 1 is 1.24 bits per heavy atom. The lowest BCUT2D eigenvalue weighted by Crippen LogP contribution is -2.45. The molecule has 0 aliphatic carbocycles. The van der Waals surface area contributed by atoms with Crippen molar-refractivity contribution in [3.8, 4) is 11.5 Å². The zero-order valence-electron chi connectivity index (χ0n) is 15.7. The summed E-state index contributed by atoms with van der Waals surface area (Å²) in [6.45, 7) is 8.14. The van der Waals surface area contributed by atoms with Crippen LogP contribution in [-0.2, 0) is 4.79 Å². The van der Waals surface area contributed by atoms with Gasteiger partial charge in [0.25, 0.3) is 5.91 Å². The van der Waals surface area contributed by atoms with Gasteiger partial charge in [-0.15, -0.1) is 0 Å². The molecule has 6 nitrogen and oxygen atoms in total. The molecule has 1 heterocycles. The van der Waals surface area contributed by atoms with Crippen LogP contribution in [0.2, 0.25) is 0 Å². The van der Waals surface area contributed by atoms with E-state index < -0.39 is 6.10 Å². The molecule has 0 unspecified atom stereocenters. The number of rotatable bonds is 9. The van der Waals surface area contributed by atoms with E-state index in [2.05, 4.69) is 22.2 Å². The second-order valence-electron chi connectivity index (χ2n) is 6.48. The Hall–Kier alpha value is -1.79. The number of piperazine rings is 1. The summed E-state index contributed by atoms with van der Waals surface area (Å²) in [5.41, 5.74) is 0. The Labute approximate surface area is 151 Å². The summed E-state index contributed by atoms with van der Waals surface area (Å²) in [5.74, 6) is 1.32. The number of ether oxygens (including phenoxy) is 2. The maximum atomic E-state index is 12.3. The van der Waals surface area contributed by atoms with Crippen molar-refractivity contribution in [1.29, 1.82) is 0 Å². The molecule has 1 saturated heterocycles. The first kappa shape index (κ1) is 19.5. The van der Waals surface area contributed by atoms with Crippen molar-refractivity contribution in [2.24, 2.45) is 0 Å². The highest BCUT2D eigenvalue weighted by Crippen LogP contribution is 2.20. The number of amides is 1. The molecule has 1 aliphatic heterocycles. The molecular formula is C19H31N3O3. The van der Waals surface area contributed by atoms with E-state index in [0.717, 1.165) is 44.9 Å². The largest absolute Gasteiger partial charge is 0.497 e. The van der Waals surface area contributed by atoms with Crippen LogP contribution < -0.4 is 14.8 Å². The number of carbonyl (C=O) groups excluding carboxylic acids is 1. The van der Waals surface area contributed by atoms with Gasteiger partial charge in [0.1, 0.15) is 11.5 Å². The average Bonchev–Trinajstić information content (AvgIpc) is 2.64. The summed E-state index contributed by atoms with van der Waals surface area (Å²) in [7, 11) is 3.77. The Morgan fingerprint density at radius 2 is 1.96 bits per heavy atom. The fourth-order valence-corrected chi connectivity index (χ4v) is 2.86. The Balaban J connectivity index is 1.70. The highest BCUT2D eigenvalue weighted by atomic mass is 16.5. The number of hydrogen-bond acceptors (Lipinski definition) is 5. The van der Waals surface area contributed by atoms with Gasteiger partial charge in [0.05, 0.1) is 7.11 Å². The maximum Gasteiger partial charge on any atom is 0.261 e. The lowest BCUT2D eigenvalue weighted by Gasteiger charge is -2.32. The van der Waals surface area contributed by atoms with Crippen LogP contribution in [0.25, 0.3) is 0 Å². The molecule has 0 radical (unpaired) electrons. The summed E-state index contributed by atoms with van der Waals surface area (Å²) >= 11 is 0. The first-order valence-electron chi connectivity index (χ1n) is 9.11. The van der Waals surface area contributed by atoms with Gasteiger partial charge in [0.15, 0.2) is 6.10 Å². The number of likely N-dealkylation sites (N-methyl/N-ethyl adjacent to an activating group) is 1. The normalized spacial score (nSPS) is 17.1. The molecule has 1 aromatic carbocycles. The lowest BCUT2D eigenvalue weighted by molar-refractivity contribution is -0.128. The monoisotopic (exact) mass is 349 g/mol. The van der Waals surface area contributed by atoms with Crippen molar-refractivity contribution in [3.05, 3.63) is 24.3 Å². The minimum absolute atomic E-state index is 0.0521. The third-order valence-corrected chi connectivity index (χ3v) is 4.53. The number of methoxy groups -OCH3 is 1. The molecule has 6 heteroatoms. The van der Waals surface area contributed by atoms with E-state index in [1.165, 1.54) is 0 Å². The molecule has 1 fully saturated rings. The van der Waals surface area contributed by atoms with E-state index in [1.54, 1.807) is 13.2 Å². The van der Waals surface area contributed by atoms with Crippen molar-refractivity contribution in [1.82, 2.24) is 15.1 Å². The van der Waals surface area contributed by atoms with Crippen LogP contribution in [0.1, 0.15) is 19.8 Å². The molecule has 0 bridgehead atoms. The maximum absolute atomic E-state index is 12.3. The molecule has 1 N–H and O–H groups in total. The van der Waals surface area contributed by atoms with Gasteiger partial charge in [0.2, 0.25) is 0 Å². The average molecular weight is 349 g/mol. The van der Waals surface area contributed by atoms with Crippen LogP contribution in [0.15, 0.2) is 24.3 Å². The van der Waals surface area contributed by atoms with Crippen LogP contribution in [0.4, 0.5) is 0 Å². The molecule has 1 atom stereocenters. The Kier molecular flexibility index (Phi) is 8.01. The SMILES string of the molecule is CC[C@H](Oc1cccc(OC)c1)C(=O)NCCCN1CCN(C)CC1. The van der Waals surface area contributed by atoms with E-state index >= 15 is 0 Å². The minimum atomic E-state index is -0.476. The first-order chi connectivity index (χ1) is 12.1. The van der Waals surface area contributed by atoms with Gasteiger partial charge in [-0.1, -0.05) is 13.0 Å². The molecule has 0 aromatic heterocycles. The quantitative estimate of drug-likeness (QED) is 0.687. The predicted molar refractivity (Wildman–Crippen MR) is 99.3 cm³/mol. The van der Waals surface area contributed by atoms with Crippen LogP contribution in [-0.4, -0.2) is 75.2 Å². The van der Waals surface area contributed by atoms with E-state index in [9.17, 15) is 4.79 Å². The van der Waals surface area contributed by atoms with Crippen LogP contribution >= 0.6 is 0 Å². The number of nitrogens with zero attached hydrogens (tertiary/aromatic N) is 2. The number of hydrogen-bond donors (Lipinski definition) is 1. The summed E-state index contributed by atoms with van der Waals surface area (Å²) in [6, 6.07) is 7.34. The second-order valence-corrected chi connectivity index (χ2v) is 6.48. The van der Waals surface area contributed by atoms with Gasteiger partial charge < -0.3 is 24.6 Å². The van der Waals surface area contributed by atoms with E-state index in [0.29, 0.717) is 18.7 Å². The Morgan fingerprint density at radius 3 is 2.64 bits per heavy atom. The molecular weight excluding hydrogens is 318 g/mol. The van der Waals surface area contributed by atoms with E-state index in [-0.39, 0.29) is 5.91 Å². The Bertz CT molecular complexity index is 530. The van der Waals surface area contributed by atoms with E-state index in [4.69, 9.17) is 9.47 Å². The number of benzene rings is 1. The molecule has 2 rings (SSSR count). The molecule has 0 spiro atoms. The molecule has 25 heavy (non-hydrogen) atoms. The first-order valence-corrected chi connectivity index (χ1v) is 9.11. The molecule has 140 valence electrons. The van der Waals surface area contributed by atoms with Gasteiger partial charge >= 0.3 is 0 Å². The van der Waals surface area contributed by atoms with Crippen molar-refractivity contribution < 1.29 is 14.3 Å².